The van der Waals surface area contributed by atoms with E-state index in [1.165, 1.54) is 0 Å². The van der Waals surface area contributed by atoms with Crippen LogP contribution in [0.5, 0.6) is 0 Å². The summed E-state index contributed by atoms with van der Waals surface area (Å²) in [5, 5.41) is 5.04. The first-order chi connectivity index (χ1) is 8.04. The van der Waals surface area contributed by atoms with E-state index in [1.54, 1.807) is 23.2 Å². The monoisotopic (exact) mass is 250 g/mol. The van der Waals surface area contributed by atoms with Gasteiger partial charge in [0.15, 0.2) is 5.78 Å². The van der Waals surface area contributed by atoms with Gasteiger partial charge < -0.3 is 0 Å². The zero-order valence-electron chi connectivity index (χ0n) is 10.3. The van der Waals surface area contributed by atoms with Crippen molar-refractivity contribution in [3.8, 4) is 0 Å². The third-order valence-electron chi connectivity index (χ3n) is 2.51. The number of aromatic nitrogens is 4. The number of aryl methyl sites for hydroxylation is 2. The number of carbonyl (C=O) groups excluding carboxylic acids is 1. The van der Waals surface area contributed by atoms with Gasteiger partial charge in [-0.1, -0.05) is 18.7 Å². The molecule has 90 valence electrons. The van der Waals surface area contributed by atoms with Crippen molar-refractivity contribution in [2.24, 2.45) is 0 Å². The molecule has 0 unspecified atom stereocenters. The molecule has 0 amide bonds. The SMILES string of the molecule is CCSc1nc2nc(C)c(C(C)=O)c(C)n2n1. The third-order valence-corrected chi connectivity index (χ3v) is 3.22. The molecule has 0 radical (unpaired) electrons. The summed E-state index contributed by atoms with van der Waals surface area (Å²) in [6, 6.07) is 0. The Morgan fingerprint density at radius 1 is 1.35 bits per heavy atom. The van der Waals surface area contributed by atoms with Crippen molar-refractivity contribution < 1.29 is 4.79 Å². The van der Waals surface area contributed by atoms with E-state index in [-0.39, 0.29) is 5.78 Å². The van der Waals surface area contributed by atoms with Crippen LogP contribution in [0.1, 0.15) is 35.6 Å². The van der Waals surface area contributed by atoms with Crippen LogP contribution in [0, 0.1) is 13.8 Å². The van der Waals surface area contributed by atoms with Gasteiger partial charge >= 0.3 is 0 Å². The molecule has 0 aliphatic carbocycles. The molecule has 0 saturated heterocycles. The van der Waals surface area contributed by atoms with Gasteiger partial charge in [0, 0.05) is 0 Å². The number of rotatable bonds is 3. The molecule has 0 aliphatic rings. The first-order valence-electron chi connectivity index (χ1n) is 5.42. The van der Waals surface area contributed by atoms with E-state index < -0.39 is 0 Å². The predicted octanol–water partition coefficient (Wildman–Crippen LogP) is 2.06. The highest BCUT2D eigenvalue weighted by molar-refractivity contribution is 7.99. The van der Waals surface area contributed by atoms with Crippen molar-refractivity contribution in [2.75, 3.05) is 5.75 Å². The minimum absolute atomic E-state index is 0.00888. The van der Waals surface area contributed by atoms with E-state index in [9.17, 15) is 4.79 Å². The highest BCUT2D eigenvalue weighted by Gasteiger charge is 2.15. The van der Waals surface area contributed by atoms with Gasteiger partial charge in [-0.2, -0.15) is 9.50 Å². The second kappa shape index (κ2) is 4.44. The molecule has 17 heavy (non-hydrogen) atoms. The van der Waals surface area contributed by atoms with Crippen LogP contribution < -0.4 is 0 Å². The maximum atomic E-state index is 11.6. The fraction of sp³-hybridized carbons (Fsp3) is 0.455. The van der Waals surface area contributed by atoms with Gasteiger partial charge in [-0.3, -0.25) is 4.79 Å². The highest BCUT2D eigenvalue weighted by atomic mass is 32.2. The molecule has 5 nitrogen and oxygen atoms in total. The minimum atomic E-state index is 0.00888. The van der Waals surface area contributed by atoms with Crippen LogP contribution >= 0.6 is 11.8 Å². The molecule has 0 saturated carbocycles. The zero-order valence-corrected chi connectivity index (χ0v) is 11.1. The lowest BCUT2D eigenvalue weighted by molar-refractivity contribution is 0.101. The Hall–Kier alpha value is -1.43. The van der Waals surface area contributed by atoms with Crippen LogP contribution in [0.2, 0.25) is 0 Å². The number of hydrogen-bond donors (Lipinski definition) is 0. The standard InChI is InChI=1S/C11H14N4OS/c1-5-17-11-13-10-12-6(2)9(8(4)16)7(3)15(10)14-11/h5H2,1-4H3. The van der Waals surface area contributed by atoms with Crippen molar-refractivity contribution in [2.45, 2.75) is 32.9 Å². The largest absolute Gasteiger partial charge is 0.294 e. The van der Waals surface area contributed by atoms with E-state index in [2.05, 4.69) is 15.1 Å². The topological polar surface area (TPSA) is 60.2 Å². The van der Waals surface area contributed by atoms with E-state index in [1.807, 2.05) is 20.8 Å². The Morgan fingerprint density at radius 2 is 2.06 bits per heavy atom. The average molecular weight is 250 g/mol. The van der Waals surface area contributed by atoms with Crippen LogP contribution in [0.15, 0.2) is 5.16 Å². The van der Waals surface area contributed by atoms with E-state index in [4.69, 9.17) is 0 Å². The van der Waals surface area contributed by atoms with Gasteiger partial charge in [-0.15, -0.1) is 5.10 Å². The van der Waals surface area contributed by atoms with E-state index >= 15 is 0 Å². The Balaban J connectivity index is 2.69. The normalized spacial score (nSPS) is 11.1. The molecule has 2 aromatic rings. The van der Waals surface area contributed by atoms with Gasteiger partial charge in [0.1, 0.15) is 0 Å². The van der Waals surface area contributed by atoms with Crippen molar-refractivity contribution in [3.63, 3.8) is 0 Å². The van der Waals surface area contributed by atoms with Crippen molar-refractivity contribution >= 4 is 23.3 Å². The lowest BCUT2D eigenvalue weighted by Gasteiger charge is -2.06. The molecule has 0 atom stereocenters. The highest BCUT2D eigenvalue weighted by Crippen LogP contribution is 2.18. The van der Waals surface area contributed by atoms with Crippen LogP contribution in [0.3, 0.4) is 0 Å². The molecule has 0 aliphatic heterocycles. The zero-order chi connectivity index (χ0) is 12.6. The van der Waals surface area contributed by atoms with Crippen molar-refractivity contribution in [3.05, 3.63) is 17.0 Å². The quantitative estimate of drug-likeness (QED) is 0.616. The fourth-order valence-corrected chi connectivity index (χ4v) is 2.40. The molecule has 0 N–H and O–H groups in total. The van der Waals surface area contributed by atoms with Gasteiger partial charge in [-0.25, -0.2) is 4.98 Å². The third kappa shape index (κ3) is 2.04. The molecular formula is C11H14N4OS. The molecule has 0 spiro atoms. The summed E-state index contributed by atoms with van der Waals surface area (Å²) in [6.45, 7) is 7.28. The number of thioether (sulfide) groups is 1. The molecular weight excluding hydrogens is 236 g/mol. The molecule has 2 aromatic heterocycles. The molecule has 0 aromatic carbocycles. The predicted molar refractivity (Wildman–Crippen MR) is 66.7 cm³/mol. The lowest BCUT2D eigenvalue weighted by Crippen LogP contribution is -2.09. The summed E-state index contributed by atoms with van der Waals surface area (Å²) in [7, 11) is 0. The molecule has 2 rings (SSSR count). The van der Waals surface area contributed by atoms with Crippen molar-refractivity contribution in [1.29, 1.82) is 0 Å². The van der Waals surface area contributed by atoms with Gasteiger partial charge in [0.05, 0.1) is 17.0 Å². The summed E-state index contributed by atoms with van der Waals surface area (Å²) >= 11 is 1.56. The summed E-state index contributed by atoms with van der Waals surface area (Å²) < 4.78 is 1.64. The van der Waals surface area contributed by atoms with Crippen LogP contribution in [-0.4, -0.2) is 31.1 Å². The number of ketones is 1. The second-order valence-electron chi connectivity index (χ2n) is 3.75. The van der Waals surface area contributed by atoms with E-state index in [0.29, 0.717) is 22.2 Å². The minimum Gasteiger partial charge on any atom is -0.294 e. The van der Waals surface area contributed by atoms with Crippen LogP contribution in [0.4, 0.5) is 0 Å². The van der Waals surface area contributed by atoms with Gasteiger partial charge in [0.25, 0.3) is 5.78 Å². The molecule has 0 fully saturated rings. The lowest BCUT2D eigenvalue weighted by atomic mass is 10.1. The number of nitrogens with zero attached hydrogens (tertiary/aromatic N) is 4. The maximum Gasteiger partial charge on any atom is 0.253 e. The Morgan fingerprint density at radius 3 is 2.65 bits per heavy atom. The Labute approximate surface area is 104 Å². The summed E-state index contributed by atoms with van der Waals surface area (Å²) in [5.41, 5.74) is 2.15. The van der Waals surface area contributed by atoms with Crippen LogP contribution in [-0.2, 0) is 0 Å². The smallest absolute Gasteiger partial charge is 0.253 e. The van der Waals surface area contributed by atoms with Gasteiger partial charge in [-0.05, 0) is 26.5 Å². The summed E-state index contributed by atoms with van der Waals surface area (Å²) in [4.78, 5) is 20.2. The maximum absolute atomic E-state index is 11.6. The Kier molecular flexibility index (Phi) is 3.15. The number of hydrogen-bond acceptors (Lipinski definition) is 5. The fourth-order valence-electron chi connectivity index (χ4n) is 1.86. The first kappa shape index (κ1) is 12.0. The number of Topliss-reactive ketones (excluding diaryl/α,β-unsaturated/α-hetero) is 1. The molecule has 0 bridgehead atoms. The first-order valence-corrected chi connectivity index (χ1v) is 6.40. The van der Waals surface area contributed by atoms with E-state index in [0.717, 1.165) is 11.4 Å². The molecule has 6 heteroatoms. The van der Waals surface area contributed by atoms with Crippen molar-refractivity contribution in [1.82, 2.24) is 19.6 Å². The number of fused-ring (bicyclic) bond motifs is 1. The average Bonchev–Trinajstić information content (AvgIpc) is 2.60. The summed E-state index contributed by atoms with van der Waals surface area (Å²) in [6.07, 6.45) is 0. The van der Waals surface area contributed by atoms with Crippen LogP contribution in [0.25, 0.3) is 5.78 Å². The summed E-state index contributed by atoms with van der Waals surface area (Å²) in [5.74, 6) is 1.48. The number of carbonyl (C=O) groups is 1. The van der Waals surface area contributed by atoms with Gasteiger partial charge in [0.2, 0.25) is 5.16 Å². The Bertz CT molecular complexity index is 591. The second-order valence-corrected chi connectivity index (χ2v) is 4.98. The molecule has 2 heterocycles.